The Morgan fingerprint density at radius 1 is 1.07 bits per heavy atom. The molecule has 4 aromatic rings. The van der Waals surface area contributed by atoms with Crippen molar-refractivity contribution < 1.29 is 14.1 Å². The van der Waals surface area contributed by atoms with Gasteiger partial charge in [0.15, 0.2) is 5.58 Å². The summed E-state index contributed by atoms with van der Waals surface area (Å²) in [6.07, 6.45) is 5.19. The average molecular weight is 369 g/mol. The summed E-state index contributed by atoms with van der Waals surface area (Å²) < 4.78 is 11.3. The van der Waals surface area contributed by atoms with Crippen molar-refractivity contribution in [1.29, 1.82) is 0 Å². The lowest BCUT2D eigenvalue weighted by molar-refractivity contribution is -0.122. The lowest BCUT2D eigenvalue weighted by Gasteiger charge is -2.23. The predicted molar refractivity (Wildman–Crippen MR) is 102 cm³/mol. The number of fused-ring (bicyclic) bond motifs is 5. The molecule has 6 rings (SSSR count). The van der Waals surface area contributed by atoms with Gasteiger partial charge in [0.1, 0.15) is 17.8 Å². The number of ether oxygens (including phenoxy) is 1. The van der Waals surface area contributed by atoms with Crippen LogP contribution in [0.25, 0.3) is 11.0 Å². The molecule has 2 aromatic heterocycles. The summed E-state index contributed by atoms with van der Waals surface area (Å²) >= 11 is 0. The predicted octanol–water partition coefficient (Wildman–Crippen LogP) is 3.45. The van der Waals surface area contributed by atoms with Gasteiger partial charge in [0.05, 0.1) is 12.7 Å². The van der Waals surface area contributed by atoms with Gasteiger partial charge in [-0.3, -0.25) is 9.78 Å². The largest absolute Gasteiger partial charge is 0.491 e. The van der Waals surface area contributed by atoms with E-state index < -0.39 is 5.41 Å². The zero-order valence-electron chi connectivity index (χ0n) is 14.8. The van der Waals surface area contributed by atoms with Crippen molar-refractivity contribution >= 4 is 22.6 Å². The monoisotopic (exact) mass is 369 g/mol. The first-order valence-electron chi connectivity index (χ1n) is 9.09. The number of para-hydroxylation sites is 1. The molecule has 0 aliphatic carbocycles. The fourth-order valence-electron chi connectivity index (χ4n) is 4.37. The SMILES string of the molecule is O=C1N(Cc2cccnc2)c2ccccc2C12COc1cc3oncc3cc12. The molecule has 0 fully saturated rings. The number of carbonyl (C=O) groups excluding carboxylic acids is 1. The zero-order valence-corrected chi connectivity index (χ0v) is 14.8. The Hall–Kier alpha value is -3.67. The van der Waals surface area contributed by atoms with Crippen molar-refractivity contribution in [3.63, 3.8) is 0 Å². The van der Waals surface area contributed by atoms with Crippen LogP contribution in [0.4, 0.5) is 5.69 Å². The van der Waals surface area contributed by atoms with Crippen molar-refractivity contribution in [2.24, 2.45) is 0 Å². The van der Waals surface area contributed by atoms with E-state index >= 15 is 0 Å². The van der Waals surface area contributed by atoms with Crippen LogP contribution in [-0.4, -0.2) is 22.7 Å². The normalized spacial score (nSPS) is 19.9. The van der Waals surface area contributed by atoms with E-state index in [1.165, 1.54) is 0 Å². The number of nitrogens with zero attached hydrogens (tertiary/aromatic N) is 3. The minimum Gasteiger partial charge on any atom is -0.491 e. The van der Waals surface area contributed by atoms with Crippen molar-refractivity contribution in [2.45, 2.75) is 12.0 Å². The molecule has 1 unspecified atom stereocenters. The van der Waals surface area contributed by atoms with Gasteiger partial charge in [-0.2, -0.15) is 0 Å². The van der Waals surface area contributed by atoms with Crippen LogP contribution >= 0.6 is 0 Å². The first kappa shape index (κ1) is 15.4. The first-order chi connectivity index (χ1) is 13.8. The van der Waals surface area contributed by atoms with Crippen molar-refractivity contribution in [2.75, 3.05) is 11.5 Å². The summed E-state index contributed by atoms with van der Waals surface area (Å²) in [6, 6.07) is 15.6. The minimum atomic E-state index is -0.848. The number of aromatic nitrogens is 2. The molecule has 1 atom stereocenters. The summed E-state index contributed by atoms with van der Waals surface area (Å²) in [7, 11) is 0. The number of hydrogen-bond acceptors (Lipinski definition) is 5. The summed E-state index contributed by atoms with van der Waals surface area (Å²) in [5.74, 6) is 0.697. The molecule has 1 amide bonds. The summed E-state index contributed by atoms with van der Waals surface area (Å²) in [6.45, 7) is 0.748. The molecule has 0 saturated carbocycles. The molecule has 2 aliphatic heterocycles. The van der Waals surface area contributed by atoms with Crippen LogP contribution in [-0.2, 0) is 16.8 Å². The molecule has 136 valence electrons. The van der Waals surface area contributed by atoms with E-state index in [2.05, 4.69) is 10.1 Å². The van der Waals surface area contributed by atoms with Crippen LogP contribution in [0.5, 0.6) is 5.75 Å². The molecule has 6 nitrogen and oxygen atoms in total. The molecule has 28 heavy (non-hydrogen) atoms. The Morgan fingerprint density at radius 2 is 2.00 bits per heavy atom. The van der Waals surface area contributed by atoms with Gasteiger partial charge in [-0.15, -0.1) is 0 Å². The topological polar surface area (TPSA) is 68.5 Å². The Morgan fingerprint density at radius 3 is 2.89 bits per heavy atom. The van der Waals surface area contributed by atoms with Crippen LogP contribution in [0.15, 0.2) is 71.6 Å². The van der Waals surface area contributed by atoms with Crippen LogP contribution in [0.3, 0.4) is 0 Å². The molecular formula is C22H15N3O3. The number of carbonyl (C=O) groups is 1. The van der Waals surface area contributed by atoms with E-state index in [0.29, 0.717) is 17.9 Å². The third kappa shape index (κ3) is 1.89. The highest BCUT2D eigenvalue weighted by Gasteiger charge is 2.56. The maximum Gasteiger partial charge on any atom is 0.246 e. The van der Waals surface area contributed by atoms with Crippen molar-refractivity contribution in [3.05, 3.63) is 83.8 Å². The van der Waals surface area contributed by atoms with Gasteiger partial charge in [0.2, 0.25) is 5.91 Å². The number of anilines is 1. The van der Waals surface area contributed by atoms with Crippen molar-refractivity contribution in [3.8, 4) is 5.75 Å². The smallest absolute Gasteiger partial charge is 0.246 e. The van der Waals surface area contributed by atoms with E-state index in [9.17, 15) is 4.79 Å². The third-order valence-corrected chi connectivity index (χ3v) is 5.69. The molecule has 0 N–H and O–H groups in total. The Balaban J connectivity index is 1.55. The first-order valence-corrected chi connectivity index (χ1v) is 9.09. The van der Waals surface area contributed by atoms with Gasteiger partial charge >= 0.3 is 0 Å². The highest BCUT2D eigenvalue weighted by atomic mass is 16.5. The zero-order chi connectivity index (χ0) is 18.7. The number of pyridine rings is 1. The summed E-state index contributed by atoms with van der Waals surface area (Å²) in [5.41, 5.74) is 3.55. The lowest BCUT2D eigenvalue weighted by atomic mass is 9.77. The van der Waals surface area contributed by atoms with Crippen LogP contribution in [0, 0.1) is 0 Å². The van der Waals surface area contributed by atoms with Crippen LogP contribution in [0.1, 0.15) is 16.7 Å². The summed E-state index contributed by atoms with van der Waals surface area (Å²) in [5, 5.41) is 4.72. The minimum absolute atomic E-state index is 0.0205. The molecule has 0 bridgehead atoms. The molecule has 6 heteroatoms. The van der Waals surface area contributed by atoms with Crippen LogP contribution in [0.2, 0.25) is 0 Å². The van der Waals surface area contributed by atoms with E-state index in [1.807, 2.05) is 53.4 Å². The standard InChI is InChI=1S/C22H15N3O3/c26-21-22(13-27-20-9-19-15(8-17(20)22)11-24-28-19)16-5-1-2-6-18(16)25(21)12-14-4-3-7-23-10-14/h1-11H,12-13H2. The molecule has 0 radical (unpaired) electrons. The number of benzene rings is 2. The van der Waals surface area contributed by atoms with Gasteiger partial charge < -0.3 is 14.2 Å². The third-order valence-electron chi connectivity index (χ3n) is 5.69. The van der Waals surface area contributed by atoms with Gasteiger partial charge in [-0.1, -0.05) is 29.4 Å². The fraction of sp³-hybridized carbons (Fsp3) is 0.136. The highest BCUT2D eigenvalue weighted by Crippen LogP contribution is 2.53. The Bertz CT molecular complexity index is 1230. The fourth-order valence-corrected chi connectivity index (χ4v) is 4.37. The molecule has 4 heterocycles. The van der Waals surface area contributed by atoms with Crippen molar-refractivity contribution in [1.82, 2.24) is 10.1 Å². The molecule has 2 aromatic carbocycles. The number of hydrogen-bond donors (Lipinski definition) is 0. The molecule has 2 aliphatic rings. The summed E-state index contributed by atoms with van der Waals surface area (Å²) in [4.78, 5) is 19.8. The molecular weight excluding hydrogens is 354 g/mol. The van der Waals surface area contributed by atoms with Gasteiger partial charge in [-0.25, -0.2) is 0 Å². The van der Waals surface area contributed by atoms with E-state index in [0.717, 1.165) is 27.8 Å². The number of rotatable bonds is 2. The van der Waals surface area contributed by atoms with E-state index in [4.69, 9.17) is 9.26 Å². The second-order valence-electron chi connectivity index (χ2n) is 7.18. The quantitative estimate of drug-likeness (QED) is 0.541. The van der Waals surface area contributed by atoms with Gasteiger partial charge in [0.25, 0.3) is 0 Å². The van der Waals surface area contributed by atoms with E-state index in [-0.39, 0.29) is 12.5 Å². The second kappa shape index (κ2) is 5.42. The lowest BCUT2D eigenvalue weighted by Crippen LogP contribution is -2.42. The van der Waals surface area contributed by atoms with Gasteiger partial charge in [0, 0.05) is 35.1 Å². The molecule has 1 spiro atoms. The Labute approximate surface area is 160 Å². The average Bonchev–Trinajstić information content (AvgIpc) is 3.40. The highest BCUT2D eigenvalue weighted by molar-refractivity contribution is 6.11. The molecule has 0 saturated heterocycles. The second-order valence-corrected chi connectivity index (χ2v) is 7.18. The number of amides is 1. The van der Waals surface area contributed by atoms with E-state index in [1.54, 1.807) is 18.6 Å². The maximum atomic E-state index is 13.8. The maximum absolute atomic E-state index is 13.8. The van der Waals surface area contributed by atoms with Crippen LogP contribution < -0.4 is 9.64 Å². The Kier molecular flexibility index (Phi) is 2.98. The van der Waals surface area contributed by atoms with Gasteiger partial charge in [-0.05, 0) is 29.3 Å².